The van der Waals surface area contributed by atoms with E-state index in [0.29, 0.717) is 18.1 Å². The third kappa shape index (κ3) is 5.34. The predicted octanol–water partition coefficient (Wildman–Crippen LogP) is 8.13. The van der Waals surface area contributed by atoms with Crippen molar-refractivity contribution >= 4 is 0 Å². The summed E-state index contributed by atoms with van der Waals surface area (Å²) in [5.74, 6) is 3.70. The molecule has 0 aromatic heterocycles. The largest absolute Gasteiger partial charge is 0.371 e. The van der Waals surface area contributed by atoms with E-state index in [9.17, 15) is 8.78 Å². The molecule has 31 heavy (non-hydrogen) atoms. The number of ether oxygens (including phenoxy) is 1. The summed E-state index contributed by atoms with van der Waals surface area (Å²) in [4.78, 5) is 0. The average Bonchev–Trinajstić information content (AvgIpc) is 2.83. The molecule has 0 saturated heterocycles. The number of rotatable bonds is 6. The Morgan fingerprint density at radius 2 is 1.39 bits per heavy atom. The third-order valence-electron chi connectivity index (χ3n) is 8.96. The summed E-state index contributed by atoms with van der Waals surface area (Å²) in [6.07, 6.45) is 20.2. The van der Waals surface area contributed by atoms with Crippen molar-refractivity contribution in [1.82, 2.24) is 0 Å². The van der Waals surface area contributed by atoms with Gasteiger partial charge in [-0.2, -0.15) is 0 Å². The molecule has 174 valence electrons. The first kappa shape index (κ1) is 23.2. The summed E-state index contributed by atoms with van der Waals surface area (Å²) >= 11 is 0. The van der Waals surface area contributed by atoms with Crippen molar-refractivity contribution in [2.75, 3.05) is 6.61 Å². The lowest BCUT2D eigenvalue weighted by Crippen LogP contribution is -2.30. The lowest BCUT2D eigenvalue weighted by atomic mass is 9.67. The van der Waals surface area contributed by atoms with Gasteiger partial charge in [0.15, 0.2) is 6.17 Å². The zero-order chi connectivity index (χ0) is 21.8. The van der Waals surface area contributed by atoms with E-state index in [1.165, 1.54) is 44.9 Å². The van der Waals surface area contributed by atoms with Gasteiger partial charge in [-0.3, -0.25) is 0 Å². The standard InChI is InChI=1S/C28H42F2O/c1-3-19-5-7-20(8-6-19)21-9-11-22(12-10-21)23-13-15-24(16-14-23)25-17-18-26(31-4-2)28(30)27(25)29/h9,11,17-24,26,28H,3-8,10,12-16H2,1-2H3. The lowest BCUT2D eigenvalue weighted by molar-refractivity contribution is 0.0385. The number of hydrogen-bond acceptors (Lipinski definition) is 1. The molecule has 0 N–H and O–H groups in total. The lowest BCUT2D eigenvalue weighted by Gasteiger charge is -2.38. The predicted molar refractivity (Wildman–Crippen MR) is 124 cm³/mol. The Labute approximate surface area is 188 Å². The number of halogens is 2. The van der Waals surface area contributed by atoms with E-state index >= 15 is 0 Å². The Morgan fingerprint density at radius 3 is 1.90 bits per heavy atom. The molecular formula is C28H42F2O. The highest BCUT2D eigenvalue weighted by Crippen LogP contribution is 2.45. The maximum atomic E-state index is 14.7. The van der Waals surface area contributed by atoms with Crippen molar-refractivity contribution in [3.8, 4) is 0 Å². The van der Waals surface area contributed by atoms with E-state index in [1.54, 1.807) is 12.2 Å². The van der Waals surface area contributed by atoms with Crippen molar-refractivity contribution in [1.29, 1.82) is 0 Å². The first-order valence-corrected chi connectivity index (χ1v) is 13.1. The highest BCUT2D eigenvalue weighted by atomic mass is 19.2. The second kappa shape index (κ2) is 10.8. The van der Waals surface area contributed by atoms with E-state index in [4.69, 9.17) is 4.74 Å². The van der Waals surface area contributed by atoms with Gasteiger partial charge in [0.05, 0.1) is 0 Å². The zero-order valence-corrected chi connectivity index (χ0v) is 19.6. The molecule has 0 amide bonds. The van der Waals surface area contributed by atoms with Crippen LogP contribution in [-0.4, -0.2) is 18.9 Å². The minimum atomic E-state index is -1.64. The molecule has 3 heteroatoms. The summed E-state index contributed by atoms with van der Waals surface area (Å²) in [7, 11) is 0. The van der Waals surface area contributed by atoms with E-state index in [2.05, 4.69) is 19.1 Å². The van der Waals surface area contributed by atoms with Crippen LogP contribution in [0.4, 0.5) is 8.78 Å². The maximum absolute atomic E-state index is 14.7. The molecule has 1 nitrogen and oxygen atoms in total. The van der Waals surface area contributed by atoms with Gasteiger partial charge >= 0.3 is 0 Å². The van der Waals surface area contributed by atoms with Gasteiger partial charge in [-0.1, -0.05) is 50.5 Å². The van der Waals surface area contributed by atoms with Crippen molar-refractivity contribution in [3.63, 3.8) is 0 Å². The van der Waals surface area contributed by atoms with Crippen LogP contribution >= 0.6 is 0 Å². The van der Waals surface area contributed by atoms with Crippen molar-refractivity contribution in [2.45, 2.75) is 96.8 Å². The van der Waals surface area contributed by atoms with Crippen LogP contribution in [0.15, 0.2) is 35.7 Å². The van der Waals surface area contributed by atoms with Gasteiger partial charge in [-0.15, -0.1) is 0 Å². The first-order valence-electron chi connectivity index (χ1n) is 13.1. The fourth-order valence-corrected chi connectivity index (χ4v) is 6.87. The summed E-state index contributed by atoms with van der Waals surface area (Å²) in [5, 5.41) is 0. The van der Waals surface area contributed by atoms with Crippen LogP contribution in [0.2, 0.25) is 0 Å². The smallest absolute Gasteiger partial charge is 0.181 e. The summed E-state index contributed by atoms with van der Waals surface area (Å²) in [6.45, 7) is 4.56. The summed E-state index contributed by atoms with van der Waals surface area (Å²) in [5.41, 5.74) is 0.601. The molecule has 0 aliphatic heterocycles. The fraction of sp³-hybridized carbons (Fsp3) is 0.786. The van der Waals surface area contributed by atoms with Crippen LogP contribution in [0.5, 0.6) is 0 Å². The second-order valence-corrected chi connectivity index (χ2v) is 10.6. The molecular weight excluding hydrogens is 390 g/mol. The normalized spacial score (nSPS) is 41.5. The fourth-order valence-electron chi connectivity index (χ4n) is 6.87. The van der Waals surface area contributed by atoms with E-state index in [-0.39, 0.29) is 5.92 Å². The van der Waals surface area contributed by atoms with Crippen LogP contribution in [0.25, 0.3) is 0 Å². The van der Waals surface area contributed by atoms with Gasteiger partial charge in [-0.05, 0) is 99.4 Å². The Hall–Kier alpha value is -0.960. The Bertz CT molecular complexity index is 664. The molecule has 0 aromatic carbocycles. The van der Waals surface area contributed by atoms with Gasteiger partial charge in [0.2, 0.25) is 0 Å². The molecule has 4 unspecified atom stereocenters. The molecule has 4 aliphatic carbocycles. The van der Waals surface area contributed by atoms with Crippen LogP contribution in [0, 0.1) is 35.5 Å². The monoisotopic (exact) mass is 432 g/mol. The zero-order valence-electron chi connectivity index (χ0n) is 19.6. The van der Waals surface area contributed by atoms with Crippen molar-refractivity contribution in [3.05, 3.63) is 35.7 Å². The van der Waals surface area contributed by atoms with Crippen LogP contribution in [0.3, 0.4) is 0 Å². The number of alkyl halides is 1. The third-order valence-corrected chi connectivity index (χ3v) is 8.96. The molecule has 4 rings (SSSR count). The van der Waals surface area contributed by atoms with Gasteiger partial charge in [-0.25, -0.2) is 8.78 Å². The molecule has 0 radical (unpaired) electrons. The SMILES string of the molecule is CCOC1C=CC(C2CCC(C3C=CC(C4CCC(CC)CC4)CC3)CC2)=C(F)C1F. The van der Waals surface area contributed by atoms with E-state index in [0.717, 1.165) is 49.4 Å². The van der Waals surface area contributed by atoms with Crippen LogP contribution in [0.1, 0.15) is 84.5 Å². The Morgan fingerprint density at radius 1 is 0.806 bits per heavy atom. The molecule has 2 saturated carbocycles. The van der Waals surface area contributed by atoms with Crippen molar-refractivity contribution in [2.24, 2.45) is 35.5 Å². The molecule has 4 aliphatic rings. The summed E-state index contributed by atoms with van der Waals surface area (Å²) < 4.78 is 34.4. The van der Waals surface area contributed by atoms with Crippen molar-refractivity contribution < 1.29 is 13.5 Å². The van der Waals surface area contributed by atoms with Gasteiger partial charge < -0.3 is 4.74 Å². The average molecular weight is 433 g/mol. The van der Waals surface area contributed by atoms with Crippen LogP contribution in [-0.2, 0) is 4.74 Å². The van der Waals surface area contributed by atoms with E-state index < -0.39 is 18.1 Å². The minimum absolute atomic E-state index is 0.169. The minimum Gasteiger partial charge on any atom is -0.371 e. The maximum Gasteiger partial charge on any atom is 0.181 e. The molecule has 0 bridgehead atoms. The van der Waals surface area contributed by atoms with Crippen LogP contribution < -0.4 is 0 Å². The number of hydrogen-bond donors (Lipinski definition) is 0. The molecule has 2 fully saturated rings. The highest BCUT2D eigenvalue weighted by Gasteiger charge is 2.36. The molecule has 0 aromatic rings. The quantitative estimate of drug-likeness (QED) is 0.385. The topological polar surface area (TPSA) is 9.23 Å². The summed E-state index contributed by atoms with van der Waals surface area (Å²) in [6, 6.07) is 0. The Balaban J connectivity index is 1.27. The molecule has 0 spiro atoms. The van der Waals surface area contributed by atoms with Gasteiger partial charge in [0, 0.05) is 6.61 Å². The number of allylic oxidation sites excluding steroid dienone is 4. The second-order valence-electron chi connectivity index (χ2n) is 10.6. The molecule has 0 heterocycles. The van der Waals surface area contributed by atoms with Gasteiger partial charge in [0.25, 0.3) is 0 Å². The molecule has 4 atom stereocenters. The van der Waals surface area contributed by atoms with E-state index in [1.807, 2.05) is 6.92 Å². The highest BCUT2D eigenvalue weighted by molar-refractivity contribution is 5.34. The first-order chi connectivity index (χ1) is 15.1. The Kier molecular flexibility index (Phi) is 8.06. The van der Waals surface area contributed by atoms with Gasteiger partial charge in [0.1, 0.15) is 11.9 Å².